The highest BCUT2D eigenvalue weighted by molar-refractivity contribution is 5.77. The first-order chi connectivity index (χ1) is 9.62. The molecule has 4 bridgehead atoms. The maximum atomic E-state index is 12.7. The zero-order valence-electron chi connectivity index (χ0n) is 12.7. The van der Waals surface area contributed by atoms with Gasteiger partial charge in [0, 0.05) is 32.1 Å². The zero-order valence-corrected chi connectivity index (χ0v) is 12.7. The monoisotopic (exact) mass is 276 g/mol. The average Bonchev–Trinajstić information content (AvgIpc) is 2.36. The van der Waals surface area contributed by atoms with Crippen LogP contribution >= 0.6 is 0 Å². The highest BCUT2D eigenvalue weighted by atomic mass is 16.2. The van der Waals surface area contributed by atoms with Gasteiger partial charge >= 0.3 is 0 Å². The lowest BCUT2D eigenvalue weighted by Gasteiger charge is -2.57. The van der Waals surface area contributed by atoms with Gasteiger partial charge in [0.2, 0.25) is 5.91 Å². The number of carbonyl (C=O) groups is 1. The second-order valence-electron chi connectivity index (χ2n) is 8.29. The second-order valence-corrected chi connectivity index (χ2v) is 8.29. The van der Waals surface area contributed by atoms with Crippen LogP contribution in [0, 0.1) is 23.2 Å². The number of hydrogen-bond acceptors (Lipinski definition) is 2. The van der Waals surface area contributed by atoms with Crippen LogP contribution in [-0.4, -0.2) is 36.5 Å². The van der Waals surface area contributed by atoms with Crippen molar-refractivity contribution in [2.24, 2.45) is 23.2 Å². The molecule has 5 rings (SSSR count). The van der Waals surface area contributed by atoms with Crippen molar-refractivity contribution >= 4 is 5.91 Å². The number of hydrogen-bond donors (Lipinski definition) is 1. The van der Waals surface area contributed by atoms with Gasteiger partial charge in [0.05, 0.1) is 0 Å². The largest absolute Gasteiger partial charge is 0.340 e. The summed E-state index contributed by atoms with van der Waals surface area (Å²) in [6, 6.07) is 0.462. The van der Waals surface area contributed by atoms with Gasteiger partial charge in [0.25, 0.3) is 0 Å². The molecule has 4 aliphatic carbocycles. The standard InChI is InChI=1S/C17H28N2O/c1-12-11-19(3-2-18-12)16(20)10-17-7-13-4-14(8-17)6-15(5-13)9-17/h12-15,18H,2-11H2,1H3. The van der Waals surface area contributed by atoms with Crippen molar-refractivity contribution in [2.45, 2.75) is 57.9 Å². The minimum Gasteiger partial charge on any atom is -0.340 e. The summed E-state index contributed by atoms with van der Waals surface area (Å²) < 4.78 is 0. The van der Waals surface area contributed by atoms with E-state index in [1.54, 1.807) is 0 Å². The predicted molar refractivity (Wildman–Crippen MR) is 79.3 cm³/mol. The van der Waals surface area contributed by atoms with Crippen LogP contribution in [0.1, 0.15) is 51.9 Å². The molecular formula is C17H28N2O. The van der Waals surface area contributed by atoms with Gasteiger partial charge in [-0.25, -0.2) is 0 Å². The number of nitrogens with one attached hydrogen (secondary N) is 1. The summed E-state index contributed by atoms with van der Waals surface area (Å²) in [5, 5.41) is 3.43. The molecule has 5 fully saturated rings. The fraction of sp³-hybridized carbons (Fsp3) is 0.941. The molecule has 3 heteroatoms. The van der Waals surface area contributed by atoms with Crippen molar-refractivity contribution in [3.63, 3.8) is 0 Å². The van der Waals surface area contributed by atoms with Crippen LogP contribution in [0.3, 0.4) is 0 Å². The summed E-state index contributed by atoms with van der Waals surface area (Å²) in [4.78, 5) is 14.9. The smallest absolute Gasteiger partial charge is 0.223 e. The fourth-order valence-corrected chi connectivity index (χ4v) is 6.10. The summed E-state index contributed by atoms with van der Waals surface area (Å²) in [6.45, 7) is 4.97. The van der Waals surface area contributed by atoms with Crippen molar-refractivity contribution in [2.75, 3.05) is 19.6 Å². The molecule has 0 spiro atoms. The van der Waals surface area contributed by atoms with Crippen molar-refractivity contribution in [3.05, 3.63) is 0 Å². The van der Waals surface area contributed by atoms with Crippen molar-refractivity contribution in [1.82, 2.24) is 10.2 Å². The van der Waals surface area contributed by atoms with E-state index in [9.17, 15) is 4.79 Å². The third kappa shape index (κ3) is 2.28. The van der Waals surface area contributed by atoms with Gasteiger partial charge in [-0.05, 0) is 68.6 Å². The number of carbonyl (C=O) groups excluding carboxylic acids is 1. The van der Waals surface area contributed by atoms with Gasteiger partial charge in [-0.3, -0.25) is 4.79 Å². The molecule has 5 aliphatic rings. The Morgan fingerprint density at radius 2 is 1.75 bits per heavy atom. The quantitative estimate of drug-likeness (QED) is 0.840. The van der Waals surface area contributed by atoms with Gasteiger partial charge in [0.15, 0.2) is 0 Å². The molecule has 0 aromatic carbocycles. The van der Waals surface area contributed by atoms with E-state index in [-0.39, 0.29) is 0 Å². The molecule has 3 nitrogen and oxygen atoms in total. The van der Waals surface area contributed by atoms with E-state index in [2.05, 4.69) is 17.1 Å². The van der Waals surface area contributed by atoms with Gasteiger partial charge in [0.1, 0.15) is 0 Å². The van der Waals surface area contributed by atoms with Crippen molar-refractivity contribution < 1.29 is 4.79 Å². The van der Waals surface area contributed by atoms with Crippen LogP contribution < -0.4 is 5.32 Å². The Morgan fingerprint density at radius 3 is 2.30 bits per heavy atom. The first-order valence-corrected chi connectivity index (χ1v) is 8.63. The Morgan fingerprint density at radius 1 is 1.15 bits per heavy atom. The van der Waals surface area contributed by atoms with Gasteiger partial charge in [-0.2, -0.15) is 0 Å². The lowest BCUT2D eigenvalue weighted by molar-refractivity contribution is -0.140. The minimum absolute atomic E-state index is 0.403. The molecule has 0 aromatic rings. The summed E-state index contributed by atoms with van der Waals surface area (Å²) in [7, 11) is 0. The summed E-state index contributed by atoms with van der Waals surface area (Å²) >= 11 is 0. The van der Waals surface area contributed by atoms with Gasteiger partial charge in [-0.15, -0.1) is 0 Å². The lowest BCUT2D eigenvalue weighted by atomic mass is 9.49. The number of rotatable bonds is 2. The van der Waals surface area contributed by atoms with Crippen LogP contribution in [0.2, 0.25) is 0 Å². The Hall–Kier alpha value is -0.570. The normalized spacial score (nSPS) is 46.8. The molecule has 20 heavy (non-hydrogen) atoms. The van der Waals surface area contributed by atoms with E-state index in [1.807, 2.05) is 0 Å². The number of nitrogens with zero attached hydrogens (tertiary/aromatic N) is 1. The minimum atomic E-state index is 0.403. The fourth-order valence-electron chi connectivity index (χ4n) is 6.10. The van der Waals surface area contributed by atoms with Gasteiger partial charge in [-0.1, -0.05) is 0 Å². The number of amides is 1. The molecule has 1 heterocycles. The molecule has 1 amide bonds. The lowest BCUT2D eigenvalue weighted by Crippen LogP contribution is -2.53. The van der Waals surface area contributed by atoms with E-state index < -0.39 is 0 Å². The number of piperazine rings is 1. The average molecular weight is 276 g/mol. The van der Waals surface area contributed by atoms with Crippen LogP contribution in [-0.2, 0) is 4.79 Å². The Balaban J connectivity index is 1.44. The van der Waals surface area contributed by atoms with Crippen LogP contribution in [0.4, 0.5) is 0 Å². The Labute approximate surface area is 122 Å². The first kappa shape index (κ1) is 13.1. The third-order valence-corrected chi connectivity index (χ3v) is 6.41. The summed E-state index contributed by atoms with van der Waals surface area (Å²) in [6.07, 6.45) is 9.32. The van der Waals surface area contributed by atoms with E-state index >= 15 is 0 Å². The Kier molecular flexibility index (Phi) is 3.10. The van der Waals surface area contributed by atoms with E-state index in [1.165, 1.54) is 38.5 Å². The van der Waals surface area contributed by atoms with Gasteiger partial charge < -0.3 is 10.2 Å². The molecular weight excluding hydrogens is 248 g/mol. The molecule has 1 aliphatic heterocycles. The molecule has 112 valence electrons. The van der Waals surface area contributed by atoms with Crippen LogP contribution in [0.25, 0.3) is 0 Å². The van der Waals surface area contributed by atoms with E-state index in [0.29, 0.717) is 17.4 Å². The maximum absolute atomic E-state index is 12.7. The zero-order chi connectivity index (χ0) is 13.7. The molecule has 1 N–H and O–H groups in total. The SMILES string of the molecule is CC1CN(C(=O)CC23CC4CC(CC(C4)C2)C3)CCN1. The molecule has 0 aromatic heterocycles. The molecule has 1 saturated heterocycles. The molecule has 4 saturated carbocycles. The van der Waals surface area contributed by atoms with Crippen molar-refractivity contribution in [1.29, 1.82) is 0 Å². The molecule has 0 radical (unpaired) electrons. The molecule has 1 unspecified atom stereocenters. The Bertz CT molecular complexity index is 371. The summed E-state index contributed by atoms with van der Waals surface area (Å²) in [5.41, 5.74) is 0.403. The third-order valence-electron chi connectivity index (χ3n) is 6.41. The molecule has 1 atom stereocenters. The van der Waals surface area contributed by atoms with Crippen molar-refractivity contribution in [3.8, 4) is 0 Å². The van der Waals surface area contributed by atoms with E-state index in [0.717, 1.165) is 43.8 Å². The second kappa shape index (κ2) is 4.72. The highest BCUT2D eigenvalue weighted by Crippen LogP contribution is 2.61. The summed E-state index contributed by atoms with van der Waals surface area (Å²) in [5.74, 6) is 3.31. The first-order valence-electron chi connectivity index (χ1n) is 8.63. The van der Waals surface area contributed by atoms with Crippen LogP contribution in [0.15, 0.2) is 0 Å². The topological polar surface area (TPSA) is 32.3 Å². The van der Waals surface area contributed by atoms with Crippen LogP contribution in [0.5, 0.6) is 0 Å². The van der Waals surface area contributed by atoms with E-state index in [4.69, 9.17) is 0 Å². The maximum Gasteiger partial charge on any atom is 0.223 e. The predicted octanol–water partition coefficient (Wildman–Crippen LogP) is 2.41. The highest BCUT2D eigenvalue weighted by Gasteiger charge is 2.51.